The third-order valence-electron chi connectivity index (χ3n) is 3.62. The maximum Gasteiger partial charge on any atom is 0.332 e. The van der Waals surface area contributed by atoms with Gasteiger partial charge in [0.2, 0.25) is 0 Å². The maximum atomic E-state index is 11.0. The van der Waals surface area contributed by atoms with Crippen molar-refractivity contribution in [3.05, 3.63) is 26.9 Å². The molecular formula is C13H17BrN2O3. The summed E-state index contributed by atoms with van der Waals surface area (Å²) in [4.78, 5) is 14.6. The number of nitrogens with zero attached hydrogens (tertiary/aromatic N) is 2. The minimum atomic E-state index is -0.448. The van der Waals surface area contributed by atoms with Crippen molar-refractivity contribution in [2.45, 2.75) is 45.1 Å². The molecule has 1 aromatic rings. The molecule has 104 valence electrons. The van der Waals surface area contributed by atoms with Gasteiger partial charge < -0.3 is 4.74 Å². The van der Waals surface area contributed by atoms with Crippen LogP contribution < -0.4 is 4.74 Å². The van der Waals surface area contributed by atoms with Crippen molar-refractivity contribution in [2.24, 2.45) is 5.92 Å². The second-order valence-corrected chi connectivity index (χ2v) is 5.76. The third-order valence-corrected chi connectivity index (χ3v) is 4.06. The van der Waals surface area contributed by atoms with E-state index in [0.29, 0.717) is 10.4 Å². The lowest BCUT2D eigenvalue weighted by molar-refractivity contribution is -0.386. The molecule has 6 heteroatoms. The Hall–Kier alpha value is -1.17. The molecule has 0 aliphatic heterocycles. The van der Waals surface area contributed by atoms with E-state index in [4.69, 9.17) is 4.74 Å². The minimum absolute atomic E-state index is 0.0473. The van der Waals surface area contributed by atoms with Gasteiger partial charge in [-0.15, -0.1) is 0 Å². The van der Waals surface area contributed by atoms with E-state index in [9.17, 15) is 10.1 Å². The van der Waals surface area contributed by atoms with Crippen LogP contribution in [0.5, 0.6) is 5.88 Å². The zero-order chi connectivity index (χ0) is 13.8. The summed E-state index contributed by atoms with van der Waals surface area (Å²) in [6.07, 6.45) is 7.03. The minimum Gasteiger partial charge on any atom is -0.469 e. The van der Waals surface area contributed by atoms with Gasteiger partial charge in [-0.2, -0.15) is 0 Å². The van der Waals surface area contributed by atoms with Gasteiger partial charge in [0.1, 0.15) is 6.10 Å². The van der Waals surface area contributed by atoms with E-state index in [0.717, 1.165) is 25.7 Å². The number of rotatable bonds is 4. The summed E-state index contributed by atoms with van der Waals surface area (Å²) >= 11 is 3.19. The summed E-state index contributed by atoms with van der Waals surface area (Å²) in [5, 5.41) is 11.0. The van der Waals surface area contributed by atoms with Gasteiger partial charge in [-0.05, 0) is 47.5 Å². The van der Waals surface area contributed by atoms with Crippen molar-refractivity contribution in [1.29, 1.82) is 0 Å². The van der Waals surface area contributed by atoms with E-state index in [-0.39, 0.29) is 17.7 Å². The number of ether oxygens (including phenoxy) is 1. The molecule has 5 nitrogen and oxygen atoms in total. The number of pyridine rings is 1. The zero-order valence-corrected chi connectivity index (χ0v) is 12.4. The number of aromatic nitrogens is 1. The molecule has 0 saturated heterocycles. The van der Waals surface area contributed by atoms with Gasteiger partial charge in [0.25, 0.3) is 5.88 Å². The lowest BCUT2D eigenvalue weighted by Gasteiger charge is -2.30. The Bertz CT molecular complexity index is 467. The van der Waals surface area contributed by atoms with E-state index >= 15 is 0 Å². The molecule has 2 atom stereocenters. The van der Waals surface area contributed by atoms with Crippen LogP contribution >= 0.6 is 15.9 Å². The van der Waals surface area contributed by atoms with Crippen LogP contribution in [-0.2, 0) is 0 Å². The van der Waals surface area contributed by atoms with Crippen LogP contribution in [0.2, 0.25) is 0 Å². The molecule has 0 radical (unpaired) electrons. The second-order valence-electron chi connectivity index (χ2n) is 4.84. The first-order valence-corrected chi connectivity index (χ1v) is 7.37. The van der Waals surface area contributed by atoms with Gasteiger partial charge >= 0.3 is 5.69 Å². The lowest BCUT2D eigenvalue weighted by Crippen LogP contribution is -2.30. The monoisotopic (exact) mass is 328 g/mol. The molecule has 0 N–H and O–H groups in total. The average molecular weight is 329 g/mol. The molecule has 0 bridgehead atoms. The first-order chi connectivity index (χ1) is 9.11. The lowest BCUT2D eigenvalue weighted by atomic mass is 9.85. The van der Waals surface area contributed by atoms with Gasteiger partial charge in [0.15, 0.2) is 0 Å². The fraction of sp³-hybridized carbons (Fsp3) is 0.615. The van der Waals surface area contributed by atoms with Crippen molar-refractivity contribution in [1.82, 2.24) is 4.98 Å². The molecule has 0 spiro atoms. The Labute approximate surface area is 120 Å². The van der Waals surface area contributed by atoms with Crippen molar-refractivity contribution >= 4 is 21.6 Å². The van der Waals surface area contributed by atoms with Gasteiger partial charge in [0, 0.05) is 16.7 Å². The molecule has 1 aliphatic carbocycles. The molecular weight excluding hydrogens is 312 g/mol. The predicted molar refractivity (Wildman–Crippen MR) is 75.3 cm³/mol. The summed E-state index contributed by atoms with van der Waals surface area (Å²) in [5.41, 5.74) is -0.0743. The van der Waals surface area contributed by atoms with Crippen LogP contribution in [0.25, 0.3) is 0 Å². The largest absolute Gasteiger partial charge is 0.469 e. The smallest absolute Gasteiger partial charge is 0.332 e. The summed E-state index contributed by atoms with van der Waals surface area (Å²) in [7, 11) is 0. The zero-order valence-electron chi connectivity index (χ0n) is 10.8. The fourth-order valence-electron chi connectivity index (χ4n) is 2.58. The van der Waals surface area contributed by atoms with Crippen LogP contribution in [0, 0.1) is 16.0 Å². The molecule has 1 saturated carbocycles. The maximum absolute atomic E-state index is 11.0. The molecule has 2 rings (SSSR count). The van der Waals surface area contributed by atoms with Crippen LogP contribution in [0.3, 0.4) is 0 Å². The highest BCUT2D eigenvalue weighted by Crippen LogP contribution is 2.34. The topological polar surface area (TPSA) is 65.3 Å². The van der Waals surface area contributed by atoms with Crippen LogP contribution in [-0.4, -0.2) is 16.0 Å². The molecule has 1 aromatic heterocycles. The Kier molecular flexibility index (Phi) is 4.74. The van der Waals surface area contributed by atoms with Crippen molar-refractivity contribution in [3.8, 4) is 5.88 Å². The SMILES string of the molecule is CCC1CCCCC1Oc1ncc(Br)cc1[N+](=O)[O-]. The van der Waals surface area contributed by atoms with Crippen LogP contribution in [0.1, 0.15) is 39.0 Å². The molecule has 1 fully saturated rings. The second kappa shape index (κ2) is 6.32. The molecule has 0 aromatic carbocycles. The molecule has 19 heavy (non-hydrogen) atoms. The summed E-state index contributed by atoms with van der Waals surface area (Å²) in [6.45, 7) is 2.13. The van der Waals surface area contributed by atoms with E-state index in [1.807, 2.05) is 0 Å². The Morgan fingerprint density at radius 3 is 2.95 bits per heavy atom. The molecule has 1 heterocycles. The summed E-state index contributed by atoms with van der Waals surface area (Å²) < 4.78 is 6.42. The number of nitro groups is 1. The van der Waals surface area contributed by atoms with Gasteiger partial charge in [-0.25, -0.2) is 4.98 Å². The Morgan fingerprint density at radius 1 is 1.53 bits per heavy atom. The van der Waals surface area contributed by atoms with Crippen LogP contribution in [0.4, 0.5) is 5.69 Å². The highest BCUT2D eigenvalue weighted by Gasteiger charge is 2.28. The van der Waals surface area contributed by atoms with Gasteiger partial charge in [0.05, 0.1) is 4.92 Å². The number of hydrogen-bond acceptors (Lipinski definition) is 4. The molecule has 2 unspecified atom stereocenters. The highest BCUT2D eigenvalue weighted by atomic mass is 79.9. The third kappa shape index (κ3) is 3.43. The van der Waals surface area contributed by atoms with Crippen LogP contribution in [0.15, 0.2) is 16.7 Å². The van der Waals surface area contributed by atoms with Crippen molar-refractivity contribution < 1.29 is 9.66 Å². The predicted octanol–water partition coefficient (Wildman–Crippen LogP) is 4.10. The normalized spacial score (nSPS) is 23.1. The summed E-state index contributed by atoms with van der Waals surface area (Å²) in [5.74, 6) is 0.609. The number of halogens is 1. The first-order valence-electron chi connectivity index (χ1n) is 6.58. The average Bonchev–Trinajstić information content (AvgIpc) is 2.41. The fourth-order valence-corrected chi connectivity index (χ4v) is 2.90. The van der Waals surface area contributed by atoms with E-state index in [1.54, 1.807) is 0 Å². The quantitative estimate of drug-likeness (QED) is 0.616. The first kappa shape index (κ1) is 14.2. The Balaban J connectivity index is 2.20. The van der Waals surface area contributed by atoms with Gasteiger partial charge in [-0.3, -0.25) is 10.1 Å². The van der Waals surface area contributed by atoms with E-state index in [1.165, 1.54) is 18.7 Å². The number of hydrogen-bond donors (Lipinski definition) is 0. The van der Waals surface area contributed by atoms with Gasteiger partial charge in [-0.1, -0.05) is 13.3 Å². The molecule has 0 amide bonds. The Morgan fingerprint density at radius 2 is 2.26 bits per heavy atom. The van der Waals surface area contributed by atoms with Crippen molar-refractivity contribution in [2.75, 3.05) is 0 Å². The van der Waals surface area contributed by atoms with E-state index in [2.05, 4.69) is 27.8 Å². The van der Waals surface area contributed by atoms with E-state index < -0.39 is 4.92 Å². The summed E-state index contributed by atoms with van der Waals surface area (Å²) in [6, 6.07) is 1.44. The standard InChI is InChI=1S/C13H17BrN2O3/c1-2-9-5-3-4-6-12(9)19-13-11(16(17)18)7-10(14)8-15-13/h7-9,12H,2-6H2,1H3. The molecule has 1 aliphatic rings. The van der Waals surface area contributed by atoms with Crippen molar-refractivity contribution in [3.63, 3.8) is 0 Å². The highest BCUT2D eigenvalue weighted by molar-refractivity contribution is 9.10.